The normalized spacial score (nSPS) is 19.3. The third-order valence-electron chi connectivity index (χ3n) is 3.21. The first-order chi connectivity index (χ1) is 7.07. The average Bonchev–Trinajstić information content (AvgIpc) is 2.27. The SMILES string of the molecule is CC(C)(CN)CCN1CCN(C=O)CC1. The number of amides is 1. The van der Waals surface area contributed by atoms with Gasteiger partial charge < -0.3 is 10.6 Å². The predicted molar refractivity (Wildman–Crippen MR) is 61.5 cm³/mol. The van der Waals surface area contributed by atoms with Crippen LogP contribution >= 0.6 is 0 Å². The minimum Gasteiger partial charge on any atom is -0.343 e. The summed E-state index contributed by atoms with van der Waals surface area (Å²) in [7, 11) is 0. The van der Waals surface area contributed by atoms with E-state index in [0.717, 1.165) is 52.1 Å². The lowest BCUT2D eigenvalue weighted by molar-refractivity contribution is -0.119. The Morgan fingerprint density at radius 3 is 2.33 bits per heavy atom. The summed E-state index contributed by atoms with van der Waals surface area (Å²) in [6.45, 7) is 9.97. The molecule has 1 amide bonds. The van der Waals surface area contributed by atoms with Crippen molar-refractivity contribution in [2.24, 2.45) is 11.1 Å². The molecule has 0 bridgehead atoms. The van der Waals surface area contributed by atoms with Gasteiger partial charge in [0.15, 0.2) is 0 Å². The maximum Gasteiger partial charge on any atom is 0.209 e. The second-order valence-electron chi connectivity index (χ2n) is 5.10. The molecule has 4 nitrogen and oxygen atoms in total. The largest absolute Gasteiger partial charge is 0.343 e. The highest BCUT2D eigenvalue weighted by Crippen LogP contribution is 2.18. The topological polar surface area (TPSA) is 49.6 Å². The maximum atomic E-state index is 10.5. The van der Waals surface area contributed by atoms with Crippen molar-refractivity contribution in [3.63, 3.8) is 0 Å². The van der Waals surface area contributed by atoms with Gasteiger partial charge in [0.05, 0.1) is 0 Å². The summed E-state index contributed by atoms with van der Waals surface area (Å²) < 4.78 is 0. The molecule has 0 spiro atoms. The van der Waals surface area contributed by atoms with Crippen LogP contribution in [0.15, 0.2) is 0 Å². The summed E-state index contributed by atoms with van der Waals surface area (Å²) in [5.74, 6) is 0. The summed E-state index contributed by atoms with van der Waals surface area (Å²) >= 11 is 0. The molecule has 0 unspecified atom stereocenters. The molecule has 0 saturated carbocycles. The average molecular weight is 213 g/mol. The van der Waals surface area contributed by atoms with Crippen LogP contribution in [0.2, 0.25) is 0 Å². The molecule has 4 heteroatoms. The lowest BCUT2D eigenvalue weighted by Gasteiger charge is -2.34. The van der Waals surface area contributed by atoms with Crippen molar-refractivity contribution in [2.75, 3.05) is 39.3 Å². The fraction of sp³-hybridized carbons (Fsp3) is 0.909. The lowest BCUT2D eigenvalue weighted by atomic mass is 9.89. The molecule has 1 fully saturated rings. The van der Waals surface area contributed by atoms with Crippen LogP contribution in [-0.2, 0) is 4.79 Å². The Morgan fingerprint density at radius 2 is 1.87 bits per heavy atom. The van der Waals surface area contributed by atoms with E-state index < -0.39 is 0 Å². The Balaban J connectivity index is 2.21. The molecule has 2 N–H and O–H groups in total. The fourth-order valence-electron chi connectivity index (χ4n) is 1.66. The number of nitrogens with zero attached hydrogens (tertiary/aromatic N) is 2. The van der Waals surface area contributed by atoms with Crippen LogP contribution in [0.5, 0.6) is 0 Å². The summed E-state index contributed by atoms with van der Waals surface area (Å²) in [4.78, 5) is 14.8. The number of nitrogens with two attached hydrogens (primary N) is 1. The minimum atomic E-state index is 0.238. The second-order valence-corrected chi connectivity index (χ2v) is 5.10. The standard InChI is InChI=1S/C11H23N3O/c1-11(2,9-12)3-4-13-5-7-14(10-15)8-6-13/h10H,3-9,12H2,1-2H3. The van der Waals surface area contributed by atoms with Gasteiger partial charge >= 0.3 is 0 Å². The molecular weight excluding hydrogens is 190 g/mol. The molecule has 15 heavy (non-hydrogen) atoms. The van der Waals surface area contributed by atoms with Crippen molar-refractivity contribution in [3.05, 3.63) is 0 Å². The van der Waals surface area contributed by atoms with Gasteiger partial charge in [-0.25, -0.2) is 0 Å². The van der Waals surface area contributed by atoms with Crippen molar-refractivity contribution >= 4 is 6.41 Å². The van der Waals surface area contributed by atoms with E-state index >= 15 is 0 Å². The van der Waals surface area contributed by atoms with Gasteiger partial charge in [-0.1, -0.05) is 13.8 Å². The van der Waals surface area contributed by atoms with Gasteiger partial charge in [0.2, 0.25) is 6.41 Å². The third-order valence-corrected chi connectivity index (χ3v) is 3.21. The van der Waals surface area contributed by atoms with Crippen LogP contribution in [-0.4, -0.2) is 55.5 Å². The number of hydrogen-bond acceptors (Lipinski definition) is 3. The summed E-state index contributed by atoms with van der Waals surface area (Å²) in [6, 6.07) is 0. The number of piperazine rings is 1. The number of hydrogen-bond donors (Lipinski definition) is 1. The first kappa shape index (κ1) is 12.5. The molecule has 0 aromatic heterocycles. The predicted octanol–water partition coefficient (Wildman–Crippen LogP) is 0.135. The Bertz CT molecular complexity index is 198. The first-order valence-corrected chi connectivity index (χ1v) is 5.69. The van der Waals surface area contributed by atoms with E-state index in [2.05, 4.69) is 18.7 Å². The van der Waals surface area contributed by atoms with Crippen LogP contribution in [0.4, 0.5) is 0 Å². The Kier molecular flexibility index (Phi) is 4.54. The van der Waals surface area contributed by atoms with Crippen molar-refractivity contribution in [1.29, 1.82) is 0 Å². The molecule has 1 heterocycles. The Hall–Kier alpha value is -0.610. The van der Waals surface area contributed by atoms with E-state index in [-0.39, 0.29) is 5.41 Å². The monoisotopic (exact) mass is 213 g/mol. The van der Waals surface area contributed by atoms with Crippen molar-refractivity contribution in [3.8, 4) is 0 Å². The zero-order valence-electron chi connectivity index (χ0n) is 9.91. The highest BCUT2D eigenvalue weighted by atomic mass is 16.1. The quantitative estimate of drug-likeness (QED) is 0.661. The van der Waals surface area contributed by atoms with Crippen molar-refractivity contribution < 1.29 is 4.79 Å². The molecule has 1 rings (SSSR count). The molecule has 0 atom stereocenters. The molecular formula is C11H23N3O. The van der Waals surface area contributed by atoms with Gasteiger partial charge in [0.1, 0.15) is 0 Å². The number of rotatable bonds is 5. The fourth-order valence-corrected chi connectivity index (χ4v) is 1.66. The van der Waals surface area contributed by atoms with Crippen LogP contribution in [0.25, 0.3) is 0 Å². The minimum absolute atomic E-state index is 0.238. The molecule has 0 radical (unpaired) electrons. The van der Waals surface area contributed by atoms with Gasteiger partial charge in [0.25, 0.3) is 0 Å². The van der Waals surface area contributed by atoms with Crippen LogP contribution in [0.1, 0.15) is 20.3 Å². The van der Waals surface area contributed by atoms with Crippen LogP contribution in [0.3, 0.4) is 0 Å². The zero-order valence-corrected chi connectivity index (χ0v) is 9.91. The summed E-state index contributed by atoms with van der Waals surface area (Å²) in [6.07, 6.45) is 2.08. The summed E-state index contributed by atoms with van der Waals surface area (Å²) in [5.41, 5.74) is 5.93. The van der Waals surface area contributed by atoms with Gasteiger partial charge in [-0.2, -0.15) is 0 Å². The molecule has 1 aliphatic heterocycles. The molecule has 0 aliphatic carbocycles. The van der Waals surface area contributed by atoms with Crippen molar-refractivity contribution in [1.82, 2.24) is 9.80 Å². The molecule has 88 valence electrons. The van der Waals surface area contributed by atoms with Gasteiger partial charge in [0, 0.05) is 26.2 Å². The van der Waals surface area contributed by atoms with Crippen LogP contribution < -0.4 is 5.73 Å². The van der Waals surface area contributed by atoms with Crippen molar-refractivity contribution in [2.45, 2.75) is 20.3 Å². The highest BCUT2D eigenvalue weighted by molar-refractivity contribution is 5.47. The van der Waals surface area contributed by atoms with E-state index in [4.69, 9.17) is 5.73 Å². The molecule has 0 aromatic carbocycles. The van der Waals surface area contributed by atoms with E-state index in [9.17, 15) is 4.79 Å². The van der Waals surface area contributed by atoms with Gasteiger partial charge in [-0.05, 0) is 24.9 Å². The maximum absolute atomic E-state index is 10.5. The second kappa shape index (κ2) is 5.47. The van der Waals surface area contributed by atoms with Crippen LogP contribution in [0, 0.1) is 5.41 Å². The van der Waals surface area contributed by atoms with E-state index in [1.54, 1.807) is 0 Å². The number of carbonyl (C=O) groups is 1. The summed E-state index contributed by atoms with van der Waals surface area (Å²) in [5, 5.41) is 0. The zero-order chi connectivity index (χ0) is 11.3. The highest BCUT2D eigenvalue weighted by Gasteiger charge is 2.19. The lowest BCUT2D eigenvalue weighted by Crippen LogP contribution is -2.46. The molecule has 1 aliphatic rings. The number of carbonyl (C=O) groups excluding carboxylic acids is 1. The van der Waals surface area contributed by atoms with E-state index in [1.807, 2.05) is 4.90 Å². The third kappa shape index (κ3) is 4.18. The molecule has 1 saturated heterocycles. The van der Waals surface area contributed by atoms with E-state index in [1.165, 1.54) is 0 Å². The molecule has 0 aromatic rings. The smallest absolute Gasteiger partial charge is 0.209 e. The van der Waals surface area contributed by atoms with Gasteiger partial charge in [-0.15, -0.1) is 0 Å². The van der Waals surface area contributed by atoms with Gasteiger partial charge in [-0.3, -0.25) is 9.69 Å². The Labute approximate surface area is 92.4 Å². The Morgan fingerprint density at radius 1 is 1.27 bits per heavy atom. The van der Waals surface area contributed by atoms with E-state index in [0.29, 0.717) is 0 Å². The first-order valence-electron chi connectivity index (χ1n) is 5.69.